The Bertz CT molecular complexity index is 698. The van der Waals surface area contributed by atoms with Crippen molar-refractivity contribution < 1.29 is 4.52 Å². The van der Waals surface area contributed by atoms with E-state index < -0.39 is 0 Å². The van der Waals surface area contributed by atoms with Gasteiger partial charge >= 0.3 is 0 Å². The van der Waals surface area contributed by atoms with E-state index in [1.807, 2.05) is 19.9 Å². The van der Waals surface area contributed by atoms with Crippen molar-refractivity contribution >= 4 is 34.3 Å². The van der Waals surface area contributed by atoms with Crippen molar-refractivity contribution in [2.75, 3.05) is 0 Å². The monoisotopic (exact) mass is 338 g/mol. The van der Waals surface area contributed by atoms with Crippen LogP contribution >= 0.6 is 34.3 Å². The summed E-state index contributed by atoms with van der Waals surface area (Å²) >= 11 is 9.44. The predicted octanol–water partition coefficient (Wildman–Crippen LogP) is 4.95. The van der Waals surface area contributed by atoms with Gasteiger partial charge in [0.1, 0.15) is 5.76 Å². The maximum Gasteiger partial charge on any atom is 0.138 e. The maximum atomic E-state index is 6.09. The van der Waals surface area contributed by atoms with Crippen LogP contribution in [0, 0.1) is 13.8 Å². The highest BCUT2D eigenvalue weighted by Gasteiger charge is 2.18. The lowest BCUT2D eigenvalue weighted by atomic mass is 10.1. The minimum absolute atomic E-state index is 0.149. The van der Waals surface area contributed by atoms with Gasteiger partial charge in [0.25, 0.3) is 0 Å². The fourth-order valence-corrected chi connectivity index (χ4v) is 4.29. The Morgan fingerprint density at radius 1 is 1.29 bits per heavy atom. The zero-order valence-corrected chi connectivity index (χ0v) is 14.1. The van der Waals surface area contributed by atoms with E-state index >= 15 is 0 Å². The van der Waals surface area contributed by atoms with Gasteiger partial charge < -0.3 is 9.84 Å². The fraction of sp³-hybridized carbons (Fsp3) is 0.267. The second kappa shape index (κ2) is 6.32. The van der Waals surface area contributed by atoms with E-state index in [1.165, 1.54) is 9.75 Å². The Balaban J connectivity index is 1.83. The largest absolute Gasteiger partial charge is 0.361 e. The lowest BCUT2D eigenvalue weighted by Gasteiger charge is -2.16. The Morgan fingerprint density at radius 2 is 2.14 bits per heavy atom. The van der Waals surface area contributed by atoms with E-state index in [1.54, 1.807) is 22.7 Å². The number of hydrogen-bond donors (Lipinski definition) is 1. The normalized spacial score (nSPS) is 12.7. The second-order valence-electron chi connectivity index (χ2n) is 4.77. The number of rotatable bonds is 5. The molecule has 0 radical (unpaired) electrons. The number of thiophene rings is 2. The van der Waals surface area contributed by atoms with Gasteiger partial charge in [0.2, 0.25) is 0 Å². The standard InChI is InChI=1S/C15H15ClN2OS2/c1-9-11(10(2)19-18-9)8-17-15(12-4-3-7-20-12)13-5-6-14(16)21-13/h3-7,15,17H,8H2,1-2H3. The predicted molar refractivity (Wildman–Crippen MR) is 88.3 cm³/mol. The summed E-state index contributed by atoms with van der Waals surface area (Å²) in [4.78, 5) is 2.49. The summed E-state index contributed by atoms with van der Waals surface area (Å²) < 4.78 is 6.03. The number of hydrogen-bond acceptors (Lipinski definition) is 5. The maximum absolute atomic E-state index is 6.09. The Kier molecular flexibility index (Phi) is 4.45. The Hall–Kier alpha value is -1.14. The molecular formula is C15H15ClN2OS2. The number of aryl methyl sites for hydroxylation is 2. The minimum Gasteiger partial charge on any atom is -0.361 e. The summed E-state index contributed by atoms with van der Waals surface area (Å²) in [6, 6.07) is 8.39. The quantitative estimate of drug-likeness (QED) is 0.715. The molecule has 110 valence electrons. The highest BCUT2D eigenvalue weighted by atomic mass is 35.5. The van der Waals surface area contributed by atoms with Crippen molar-refractivity contribution in [3.05, 3.63) is 60.8 Å². The number of halogens is 1. The molecule has 6 heteroatoms. The molecule has 3 aromatic heterocycles. The van der Waals surface area contributed by atoms with Gasteiger partial charge in [-0.05, 0) is 37.4 Å². The summed E-state index contributed by atoms with van der Waals surface area (Å²) in [5.74, 6) is 0.870. The van der Waals surface area contributed by atoms with Crippen LogP contribution in [0.1, 0.15) is 32.8 Å². The molecule has 0 aliphatic heterocycles. The van der Waals surface area contributed by atoms with E-state index in [2.05, 4.69) is 34.1 Å². The molecular weight excluding hydrogens is 324 g/mol. The molecule has 1 atom stereocenters. The summed E-state index contributed by atoms with van der Waals surface area (Å²) in [5.41, 5.74) is 2.06. The van der Waals surface area contributed by atoms with Crippen LogP contribution in [-0.4, -0.2) is 5.16 Å². The van der Waals surface area contributed by atoms with E-state index in [9.17, 15) is 0 Å². The third kappa shape index (κ3) is 3.21. The molecule has 3 aromatic rings. The average molecular weight is 339 g/mol. The number of aromatic nitrogens is 1. The van der Waals surface area contributed by atoms with Crippen molar-refractivity contribution in [2.45, 2.75) is 26.4 Å². The molecule has 3 nitrogen and oxygen atoms in total. The smallest absolute Gasteiger partial charge is 0.138 e. The summed E-state index contributed by atoms with van der Waals surface area (Å²) in [6.45, 7) is 4.63. The second-order valence-corrected chi connectivity index (χ2v) is 7.50. The van der Waals surface area contributed by atoms with Crippen molar-refractivity contribution in [1.29, 1.82) is 0 Å². The van der Waals surface area contributed by atoms with Gasteiger partial charge in [0.15, 0.2) is 0 Å². The van der Waals surface area contributed by atoms with Gasteiger partial charge in [-0.2, -0.15) is 0 Å². The first kappa shape index (κ1) is 14.8. The first-order valence-electron chi connectivity index (χ1n) is 6.59. The molecule has 0 aromatic carbocycles. The zero-order chi connectivity index (χ0) is 14.8. The third-order valence-electron chi connectivity index (χ3n) is 3.37. The van der Waals surface area contributed by atoms with Crippen molar-refractivity contribution in [3.8, 4) is 0 Å². The lowest BCUT2D eigenvalue weighted by molar-refractivity contribution is 0.391. The van der Waals surface area contributed by atoms with Gasteiger partial charge in [-0.1, -0.05) is 22.8 Å². The van der Waals surface area contributed by atoms with Crippen molar-refractivity contribution in [1.82, 2.24) is 10.5 Å². The van der Waals surface area contributed by atoms with Crippen molar-refractivity contribution in [3.63, 3.8) is 0 Å². The number of nitrogens with zero attached hydrogens (tertiary/aromatic N) is 1. The summed E-state index contributed by atoms with van der Waals surface area (Å²) in [7, 11) is 0. The lowest BCUT2D eigenvalue weighted by Crippen LogP contribution is -2.21. The van der Waals surface area contributed by atoms with Gasteiger partial charge in [0, 0.05) is 21.9 Å². The van der Waals surface area contributed by atoms with Crippen LogP contribution in [0.25, 0.3) is 0 Å². The molecule has 0 saturated carbocycles. The molecule has 0 aliphatic carbocycles. The first-order valence-corrected chi connectivity index (χ1v) is 8.66. The van der Waals surface area contributed by atoms with Crippen LogP contribution in [-0.2, 0) is 6.54 Å². The highest BCUT2D eigenvalue weighted by molar-refractivity contribution is 7.16. The van der Waals surface area contributed by atoms with E-state index in [0.29, 0.717) is 0 Å². The molecule has 0 aliphatic rings. The minimum atomic E-state index is 0.149. The molecule has 0 saturated heterocycles. The first-order chi connectivity index (χ1) is 10.1. The third-order valence-corrected chi connectivity index (χ3v) is 5.60. The van der Waals surface area contributed by atoms with Gasteiger partial charge in [-0.15, -0.1) is 22.7 Å². The van der Waals surface area contributed by atoms with E-state index in [0.717, 1.165) is 27.9 Å². The van der Waals surface area contributed by atoms with Crippen LogP contribution in [0.3, 0.4) is 0 Å². The summed E-state index contributed by atoms with van der Waals surface area (Å²) in [6.07, 6.45) is 0. The van der Waals surface area contributed by atoms with Crippen molar-refractivity contribution in [2.24, 2.45) is 0 Å². The molecule has 0 bridgehead atoms. The van der Waals surface area contributed by atoms with Gasteiger partial charge in [-0.25, -0.2) is 0 Å². The molecule has 1 unspecified atom stereocenters. The molecule has 3 heterocycles. The van der Waals surface area contributed by atoms with Crippen LogP contribution in [0.4, 0.5) is 0 Å². The van der Waals surface area contributed by atoms with Gasteiger partial charge in [0.05, 0.1) is 16.1 Å². The molecule has 3 rings (SSSR count). The molecule has 1 N–H and O–H groups in total. The fourth-order valence-electron chi connectivity index (χ4n) is 2.24. The zero-order valence-electron chi connectivity index (χ0n) is 11.7. The summed E-state index contributed by atoms with van der Waals surface area (Å²) in [5, 5.41) is 9.69. The van der Waals surface area contributed by atoms with E-state index in [4.69, 9.17) is 16.1 Å². The van der Waals surface area contributed by atoms with Crippen LogP contribution in [0.2, 0.25) is 4.34 Å². The Morgan fingerprint density at radius 3 is 2.71 bits per heavy atom. The average Bonchev–Trinajstić information content (AvgIpc) is 3.17. The van der Waals surface area contributed by atoms with Crippen LogP contribution < -0.4 is 5.32 Å². The molecule has 0 spiro atoms. The Labute approximate surface area is 136 Å². The molecule has 21 heavy (non-hydrogen) atoms. The van der Waals surface area contributed by atoms with Gasteiger partial charge in [-0.3, -0.25) is 0 Å². The number of nitrogens with one attached hydrogen (secondary N) is 1. The molecule has 0 fully saturated rings. The topological polar surface area (TPSA) is 38.1 Å². The van der Waals surface area contributed by atoms with E-state index in [-0.39, 0.29) is 6.04 Å². The van der Waals surface area contributed by atoms with Crippen LogP contribution in [0.15, 0.2) is 34.2 Å². The highest BCUT2D eigenvalue weighted by Crippen LogP contribution is 2.33. The van der Waals surface area contributed by atoms with Crippen LogP contribution in [0.5, 0.6) is 0 Å². The SMILES string of the molecule is Cc1noc(C)c1CNC(c1cccs1)c1ccc(Cl)s1. The molecule has 0 amide bonds.